The van der Waals surface area contributed by atoms with Crippen molar-refractivity contribution in [3.8, 4) is 0 Å². The van der Waals surface area contributed by atoms with E-state index < -0.39 is 0 Å². The molecule has 21 heavy (non-hydrogen) atoms. The summed E-state index contributed by atoms with van der Waals surface area (Å²) in [5.41, 5.74) is 1.21. The van der Waals surface area contributed by atoms with Crippen LogP contribution in [-0.4, -0.2) is 32.8 Å². The van der Waals surface area contributed by atoms with Gasteiger partial charge in [0.1, 0.15) is 17.5 Å². The van der Waals surface area contributed by atoms with Gasteiger partial charge in [-0.2, -0.15) is 5.10 Å². The predicted molar refractivity (Wildman–Crippen MR) is 85.6 cm³/mol. The molecule has 0 aromatic carbocycles. The molecule has 0 aliphatic rings. The molecule has 0 radical (unpaired) electrons. The van der Waals surface area contributed by atoms with Crippen LogP contribution < -0.4 is 10.6 Å². The fourth-order valence-electron chi connectivity index (χ4n) is 2.16. The Morgan fingerprint density at radius 1 is 1.10 bits per heavy atom. The number of aromatic nitrogens is 4. The van der Waals surface area contributed by atoms with Crippen molar-refractivity contribution in [2.24, 2.45) is 7.05 Å². The Bertz CT molecular complexity index is 539. The normalized spacial score (nSPS) is 10.6. The van der Waals surface area contributed by atoms with Gasteiger partial charge in [-0.15, -0.1) is 0 Å². The van der Waals surface area contributed by atoms with E-state index in [0.29, 0.717) is 0 Å². The van der Waals surface area contributed by atoms with Crippen molar-refractivity contribution in [1.29, 1.82) is 0 Å². The van der Waals surface area contributed by atoms with Gasteiger partial charge < -0.3 is 10.6 Å². The van der Waals surface area contributed by atoms with Gasteiger partial charge in [-0.25, -0.2) is 9.97 Å². The molecular formula is C15H24N6. The molecule has 0 saturated carbocycles. The second-order valence-electron chi connectivity index (χ2n) is 4.96. The molecule has 2 aromatic rings. The van der Waals surface area contributed by atoms with Crippen LogP contribution in [0.25, 0.3) is 0 Å². The second kappa shape index (κ2) is 7.61. The van der Waals surface area contributed by atoms with Crippen molar-refractivity contribution < 1.29 is 0 Å². The van der Waals surface area contributed by atoms with E-state index in [4.69, 9.17) is 0 Å². The summed E-state index contributed by atoms with van der Waals surface area (Å²) in [6.45, 7) is 5.89. The van der Waals surface area contributed by atoms with Gasteiger partial charge in [0.05, 0.1) is 0 Å². The maximum Gasteiger partial charge on any atom is 0.133 e. The first kappa shape index (κ1) is 15.3. The Labute approximate surface area is 126 Å². The van der Waals surface area contributed by atoms with Crippen molar-refractivity contribution in [2.45, 2.75) is 33.1 Å². The van der Waals surface area contributed by atoms with E-state index in [2.05, 4.69) is 39.5 Å². The van der Waals surface area contributed by atoms with Crippen molar-refractivity contribution >= 4 is 11.6 Å². The second-order valence-corrected chi connectivity index (χ2v) is 4.96. The van der Waals surface area contributed by atoms with Gasteiger partial charge in [-0.1, -0.05) is 6.92 Å². The average Bonchev–Trinajstić information content (AvgIpc) is 2.85. The number of nitrogens with one attached hydrogen (secondary N) is 2. The fraction of sp³-hybridized carbons (Fsp3) is 0.533. The highest BCUT2D eigenvalue weighted by atomic mass is 15.3. The molecule has 2 rings (SSSR count). The van der Waals surface area contributed by atoms with Crippen LogP contribution in [0.3, 0.4) is 0 Å². The van der Waals surface area contributed by atoms with Gasteiger partial charge in [0, 0.05) is 50.9 Å². The molecule has 0 aliphatic heterocycles. The molecule has 0 atom stereocenters. The van der Waals surface area contributed by atoms with E-state index >= 15 is 0 Å². The first-order valence-electron chi connectivity index (χ1n) is 7.55. The van der Waals surface area contributed by atoms with Crippen molar-refractivity contribution in [3.63, 3.8) is 0 Å². The highest BCUT2D eigenvalue weighted by Gasteiger charge is 2.04. The molecule has 0 amide bonds. The molecular weight excluding hydrogens is 264 g/mol. The molecule has 2 heterocycles. The summed E-state index contributed by atoms with van der Waals surface area (Å²) in [5.74, 6) is 2.66. The number of hydrogen-bond acceptors (Lipinski definition) is 5. The Morgan fingerprint density at radius 3 is 2.48 bits per heavy atom. The van der Waals surface area contributed by atoms with Gasteiger partial charge in [-0.3, -0.25) is 4.68 Å². The van der Waals surface area contributed by atoms with Crippen LogP contribution in [0.15, 0.2) is 18.3 Å². The predicted octanol–water partition coefficient (Wildman–Crippen LogP) is 2.25. The first-order chi connectivity index (χ1) is 10.2. The number of nitrogens with zero attached hydrogens (tertiary/aromatic N) is 4. The third-order valence-electron chi connectivity index (χ3n) is 3.21. The molecule has 0 saturated heterocycles. The lowest BCUT2D eigenvalue weighted by Gasteiger charge is -2.10. The van der Waals surface area contributed by atoms with Crippen molar-refractivity contribution in [1.82, 2.24) is 19.7 Å². The summed E-state index contributed by atoms with van der Waals surface area (Å²) in [6.07, 6.45) is 4.68. The number of hydrogen-bond donors (Lipinski definition) is 2. The Hall–Kier alpha value is -2.11. The van der Waals surface area contributed by atoms with E-state index in [0.717, 1.165) is 49.8 Å². The van der Waals surface area contributed by atoms with Crippen LogP contribution in [-0.2, 0) is 19.9 Å². The first-order valence-corrected chi connectivity index (χ1v) is 7.55. The molecule has 0 spiro atoms. The Kier molecular flexibility index (Phi) is 5.54. The summed E-state index contributed by atoms with van der Waals surface area (Å²) in [6, 6.07) is 4.00. The van der Waals surface area contributed by atoms with Crippen LogP contribution in [0.4, 0.5) is 11.6 Å². The smallest absolute Gasteiger partial charge is 0.133 e. The molecule has 0 unspecified atom stereocenters. The zero-order chi connectivity index (χ0) is 15.1. The van der Waals surface area contributed by atoms with Gasteiger partial charge in [-0.05, 0) is 19.4 Å². The molecule has 6 heteroatoms. The van der Waals surface area contributed by atoms with Gasteiger partial charge in [0.15, 0.2) is 0 Å². The highest BCUT2D eigenvalue weighted by molar-refractivity contribution is 5.47. The van der Waals surface area contributed by atoms with Gasteiger partial charge in [0.25, 0.3) is 0 Å². The van der Waals surface area contributed by atoms with Crippen LogP contribution in [0.2, 0.25) is 0 Å². The minimum atomic E-state index is 0.827. The maximum atomic E-state index is 4.56. The Morgan fingerprint density at radius 2 is 1.86 bits per heavy atom. The van der Waals surface area contributed by atoms with Crippen LogP contribution in [0, 0.1) is 0 Å². The third-order valence-corrected chi connectivity index (χ3v) is 3.21. The van der Waals surface area contributed by atoms with E-state index in [1.807, 2.05) is 30.1 Å². The van der Waals surface area contributed by atoms with E-state index in [1.54, 1.807) is 0 Å². The summed E-state index contributed by atoms with van der Waals surface area (Å²) >= 11 is 0. The van der Waals surface area contributed by atoms with E-state index in [9.17, 15) is 0 Å². The van der Waals surface area contributed by atoms with Crippen LogP contribution in [0.1, 0.15) is 31.8 Å². The lowest BCUT2D eigenvalue weighted by molar-refractivity contribution is 0.710. The number of anilines is 2. The average molecular weight is 288 g/mol. The zero-order valence-electron chi connectivity index (χ0n) is 13.1. The molecule has 2 N–H and O–H groups in total. The fourth-order valence-corrected chi connectivity index (χ4v) is 2.16. The third kappa shape index (κ3) is 4.44. The SMILES string of the molecule is CCCc1nc(NCC)cc(NCCc2ccnn2C)n1. The number of rotatable bonds is 8. The summed E-state index contributed by atoms with van der Waals surface area (Å²) in [5, 5.41) is 10.8. The standard InChI is InChI=1S/C15H24N6/c1-4-6-13-19-14(16-5-2)11-15(20-13)17-9-7-12-8-10-18-21(12)3/h8,10-11H,4-7,9H2,1-3H3,(H2,16,17,19,20). The highest BCUT2D eigenvalue weighted by Crippen LogP contribution is 2.12. The minimum Gasteiger partial charge on any atom is -0.370 e. The Balaban J connectivity index is 1.99. The lowest BCUT2D eigenvalue weighted by Crippen LogP contribution is -2.11. The van der Waals surface area contributed by atoms with E-state index in [1.165, 1.54) is 5.69 Å². The largest absolute Gasteiger partial charge is 0.370 e. The zero-order valence-corrected chi connectivity index (χ0v) is 13.1. The van der Waals surface area contributed by atoms with Gasteiger partial charge >= 0.3 is 0 Å². The summed E-state index contributed by atoms with van der Waals surface area (Å²) in [4.78, 5) is 9.07. The van der Waals surface area contributed by atoms with Crippen LogP contribution >= 0.6 is 0 Å². The summed E-state index contributed by atoms with van der Waals surface area (Å²) in [7, 11) is 1.96. The minimum absolute atomic E-state index is 0.827. The maximum absolute atomic E-state index is 4.56. The van der Waals surface area contributed by atoms with Crippen molar-refractivity contribution in [2.75, 3.05) is 23.7 Å². The lowest BCUT2D eigenvalue weighted by atomic mass is 10.3. The molecule has 114 valence electrons. The monoisotopic (exact) mass is 288 g/mol. The van der Waals surface area contributed by atoms with Crippen LogP contribution in [0.5, 0.6) is 0 Å². The molecule has 0 aliphatic carbocycles. The molecule has 0 fully saturated rings. The van der Waals surface area contributed by atoms with Gasteiger partial charge in [0.2, 0.25) is 0 Å². The quantitative estimate of drug-likeness (QED) is 0.780. The molecule has 2 aromatic heterocycles. The number of aryl methyl sites for hydroxylation is 2. The molecule has 0 bridgehead atoms. The topological polar surface area (TPSA) is 67.7 Å². The summed E-state index contributed by atoms with van der Waals surface area (Å²) < 4.78 is 1.90. The van der Waals surface area contributed by atoms with E-state index in [-0.39, 0.29) is 0 Å². The molecule has 6 nitrogen and oxygen atoms in total. The van der Waals surface area contributed by atoms with Crippen molar-refractivity contribution in [3.05, 3.63) is 29.8 Å².